The highest BCUT2D eigenvalue weighted by Gasteiger charge is 2.18. The zero-order valence-corrected chi connectivity index (χ0v) is 9.21. The largest absolute Gasteiger partial charge is 0.468 e. The van der Waals surface area contributed by atoms with Crippen molar-refractivity contribution in [2.24, 2.45) is 0 Å². The predicted octanol–water partition coefficient (Wildman–Crippen LogP) is 1.86. The van der Waals surface area contributed by atoms with E-state index in [9.17, 15) is 4.79 Å². The average molecular weight is 199 g/mol. The summed E-state index contributed by atoms with van der Waals surface area (Å²) in [5.74, 6) is -0.158. The van der Waals surface area contributed by atoms with Gasteiger partial charge in [-0.05, 0) is 19.8 Å². The maximum Gasteiger partial charge on any atom is 0.322 e. The molecular formula is C11H21NO2. The Balaban J connectivity index is 2.30. The van der Waals surface area contributed by atoms with Crippen LogP contribution >= 0.6 is 0 Å². The first-order valence-electron chi connectivity index (χ1n) is 5.58. The van der Waals surface area contributed by atoms with Gasteiger partial charge in [0, 0.05) is 6.04 Å². The summed E-state index contributed by atoms with van der Waals surface area (Å²) in [6, 6.07) is 0.342. The lowest BCUT2D eigenvalue weighted by Crippen LogP contribution is -2.41. The maximum absolute atomic E-state index is 11.2. The summed E-state index contributed by atoms with van der Waals surface area (Å²) < 4.78 is 4.68. The molecule has 1 fully saturated rings. The van der Waals surface area contributed by atoms with Gasteiger partial charge in [-0.3, -0.25) is 4.79 Å². The molecular weight excluding hydrogens is 178 g/mol. The molecule has 1 atom stereocenters. The Hall–Kier alpha value is -0.570. The summed E-state index contributed by atoms with van der Waals surface area (Å²) in [6.45, 7) is 1.87. The van der Waals surface area contributed by atoms with Crippen molar-refractivity contribution in [1.82, 2.24) is 5.32 Å². The van der Waals surface area contributed by atoms with E-state index in [4.69, 9.17) is 0 Å². The first-order chi connectivity index (χ1) is 6.74. The second-order valence-corrected chi connectivity index (χ2v) is 4.10. The molecule has 0 aromatic rings. The van der Waals surface area contributed by atoms with Crippen molar-refractivity contribution >= 4 is 5.97 Å². The van der Waals surface area contributed by atoms with Crippen molar-refractivity contribution in [3.8, 4) is 0 Å². The summed E-state index contributed by atoms with van der Waals surface area (Å²) in [5.41, 5.74) is 0. The molecule has 3 nitrogen and oxygen atoms in total. The van der Waals surface area contributed by atoms with Crippen molar-refractivity contribution in [2.45, 2.75) is 57.5 Å². The molecule has 0 bridgehead atoms. The molecule has 0 amide bonds. The molecule has 0 aliphatic heterocycles. The number of carbonyl (C=O) groups excluding carboxylic acids is 1. The highest BCUT2D eigenvalue weighted by Crippen LogP contribution is 2.17. The molecule has 1 aliphatic rings. The molecule has 0 saturated heterocycles. The number of hydrogen-bond acceptors (Lipinski definition) is 3. The fourth-order valence-corrected chi connectivity index (χ4v) is 2.04. The standard InChI is InChI=1S/C11H21NO2/c1-9(11(13)14-2)12-10-7-5-3-4-6-8-10/h9-10,12H,3-8H2,1-2H3. The van der Waals surface area contributed by atoms with Crippen LogP contribution in [0.25, 0.3) is 0 Å². The minimum Gasteiger partial charge on any atom is -0.468 e. The van der Waals surface area contributed by atoms with Gasteiger partial charge in [0.2, 0.25) is 0 Å². The molecule has 0 radical (unpaired) electrons. The van der Waals surface area contributed by atoms with E-state index in [2.05, 4.69) is 10.1 Å². The third-order valence-electron chi connectivity index (χ3n) is 2.90. The summed E-state index contributed by atoms with van der Waals surface area (Å²) in [5, 5.41) is 3.33. The highest BCUT2D eigenvalue weighted by atomic mass is 16.5. The number of esters is 1. The van der Waals surface area contributed by atoms with Gasteiger partial charge in [0.15, 0.2) is 0 Å². The number of carbonyl (C=O) groups is 1. The number of hydrogen-bond donors (Lipinski definition) is 1. The van der Waals surface area contributed by atoms with Crippen LogP contribution in [0.5, 0.6) is 0 Å². The van der Waals surface area contributed by atoms with Crippen LogP contribution in [0.3, 0.4) is 0 Å². The molecule has 1 saturated carbocycles. The van der Waals surface area contributed by atoms with Gasteiger partial charge in [0.1, 0.15) is 6.04 Å². The predicted molar refractivity (Wildman–Crippen MR) is 56.1 cm³/mol. The van der Waals surface area contributed by atoms with Crippen LogP contribution in [0.1, 0.15) is 45.4 Å². The third kappa shape index (κ3) is 3.66. The van der Waals surface area contributed by atoms with E-state index in [0.717, 1.165) is 0 Å². The lowest BCUT2D eigenvalue weighted by molar-refractivity contribution is -0.142. The van der Waals surface area contributed by atoms with E-state index >= 15 is 0 Å². The molecule has 0 spiro atoms. The molecule has 82 valence electrons. The van der Waals surface area contributed by atoms with Gasteiger partial charge in [-0.2, -0.15) is 0 Å². The molecule has 1 N–H and O–H groups in total. The molecule has 0 aromatic carbocycles. The van der Waals surface area contributed by atoms with Crippen LogP contribution < -0.4 is 5.32 Å². The van der Waals surface area contributed by atoms with Crippen LogP contribution in [-0.4, -0.2) is 25.2 Å². The summed E-state index contributed by atoms with van der Waals surface area (Å²) in [7, 11) is 1.44. The van der Waals surface area contributed by atoms with Crippen molar-refractivity contribution in [2.75, 3.05) is 7.11 Å². The van der Waals surface area contributed by atoms with Crippen molar-refractivity contribution < 1.29 is 9.53 Å². The Kier molecular flexibility index (Phi) is 4.94. The fraction of sp³-hybridized carbons (Fsp3) is 0.909. The van der Waals surface area contributed by atoms with E-state index in [1.807, 2.05) is 6.92 Å². The zero-order chi connectivity index (χ0) is 10.4. The van der Waals surface area contributed by atoms with Gasteiger partial charge in [0.05, 0.1) is 7.11 Å². The quantitative estimate of drug-likeness (QED) is 0.557. The first-order valence-corrected chi connectivity index (χ1v) is 5.58. The van der Waals surface area contributed by atoms with Crippen LogP contribution in [0.2, 0.25) is 0 Å². The molecule has 1 unspecified atom stereocenters. The van der Waals surface area contributed by atoms with Gasteiger partial charge in [-0.1, -0.05) is 25.7 Å². The molecule has 0 heterocycles. The van der Waals surface area contributed by atoms with Crippen molar-refractivity contribution in [1.29, 1.82) is 0 Å². The van der Waals surface area contributed by atoms with E-state index in [1.54, 1.807) is 0 Å². The Labute approximate surface area is 86.2 Å². The normalized spacial score (nSPS) is 21.3. The molecule has 1 aliphatic carbocycles. The topological polar surface area (TPSA) is 38.3 Å². The lowest BCUT2D eigenvalue weighted by Gasteiger charge is -2.20. The number of methoxy groups -OCH3 is 1. The smallest absolute Gasteiger partial charge is 0.322 e. The van der Waals surface area contributed by atoms with Crippen LogP contribution in [0.15, 0.2) is 0 Å². The van der Waals surface area contributed by atoms with Gasteiger partial charge in [0.25, 0.3) is 0 Å². The van der Waals surface area contributed by atoms with E-state index in [1.165, 1.54) is 45.6 Å². The van der Waals surface area contributed by atoms with Gasteiger partial charge < -0.3 is 10.1 Å². The fourth-order valence-electron chi connectivity index (χ4n) is 2.04. The van der Waals surface area contributed by atoms with E-state index in [0.29, 0.717) is 6.04 Å². The molecule has 0 aromatic heterocycles. The first kappa shape index (κ1) is 11.5. The van der Waals surface area contributed by atoms with Gasteiger partial charge >= 0.3 is 5.97 Å². The minimum absolute atomic E-state index is 0.158. The van der Waals surface area contributed by atoms with Crippen LogP contribution in [0, 0.1) is 0 Å². The summed E-state index contributed by atoms with van der Waals surface area (Å²) in [6.07, 6.45) is 7.63. The molecule has 14 heavy (non-hydrogen) atoms. The second-order valence-electron chi connectivity index (χ2n) is 4.10. The number of nitrogens with one attached hydrogen (secondary N) is 1. The Morgan fingerprint density at radius 3 is 2.36 bits per heavy atom. The highest BCUT2D eigenvalue weighted by molar-refractivity contribution is 5.75. The Morgan fingerprint density at radius 1 is 1.29 bits per heavy atom. The van der Waals surface area contributed by atoms with Crippen LogP contribution in [0.4, 0.5) is 0 Å². The number of ether oxygens (including phenoxy) is 1. The maximum atomic E-state index is 11.2. The summed E-state index contributed by atoms with van der Waals surface area (Å²) in [4.78, 5) is 11.2. The number of rotatable bonds is 3. The lowest BCUT2D eigenvalue weighted by atomic mass is 10.1. The van der Waals surface area contributed by atoms with Crippen molar-refractivity contribution in [3.05, 3.63) is 0 Å². The molecule has 3 heteroatoms. The van der Waals surface area contributed by atoms with Gasteiger partial charge in [-0.15, -0.1) is 0 Å². The zero-order valence-electron chi connectivity index (χ0n) is 9.21. The Bertz CT molecular complexity index is 174. The Morgan fingerprint density at radius 2 is 1.86 bits per heavy atom. The SMILES string of the molecule is COC(=O)C(C)NC1CCCCCC1. The van der Waals surface area contributed by atoms with Crippen molar-refractivity contribution in [3.63, 3.8) is 0 Å². The molecule has 1 rings (SSSR count). The van der Waals surface area contributed by atoms with E-state index < -0.39 is 0 Å². The van der Waals surface area contributed by atoms with Gasteiger partial charge in [-0.25, -0.2) is 0 Å². The van der Waals surface area contributed by atoms with Crippen LogP contribution in [-0.2, 0) is 9.53 Å². The second kappa shape index (κ2) is 6.02. The third-order valence-corrected chi connectivity index (χ3v) is 2.90. The summed E-state index contributed by atoms with van der Waals surface area (Å²) >= 11 is 0. The monoisotopic (exact) mass is 199 g/mol. The van der Waals surface area contributed by atoms with E-state index in [-0.39, 0.29) is 12.0 Å². The average Bonchev–Trinajstić information content (AvgIpc) is 2.45. The minimum atomic E-state index is -0.164.